The fourth-order valence-corrected chi connectivity index (χ4v) is 2.85. The molecule has 1 aliphatic heterocycles. The molecule has 0 unspecified atom stereocenters. The highest BCUT2D eigenvalue weighted by molar-refractivity contribution is 7.94. The largest absolute Gasteiger partial charge is 0.463 e. The molecule has 7 heteroatoms. The van der Waals surface area contributed by atoms with E-state index in [4.69, 9.17) is 0 Å². The van der Waals surface area contributed by atoms with Crippen molar-refractivity contribution in [1.29, 1.82) is 0 Å². The Hall–Kier alpha value is -1.37. The number of hydrogen-bond acceptors (Lipinski definition) is 5. The summed E-state index contributed by atoms with van der Waals surface area (Å²) < 4.78 is 27.3. The number of esters is 1. The number of carbonyl (C=O) groups excluding carboxylic acids is 2. The van der Waals surface area contributed by atoms with Gasteiger partial charge in [0.25, 0.3) is 15.9 Å². The van der Waals surface area contributed by atoms with Gasteiger partial charge in [-0.1, -0.05) is 6.08 Å². The molecule has 1 rings (SSSR count). The molecule has 6 nitrogen and oxygen atoms in total. The van der Waals surface area contributed by atoms with Gasteiger partial charge in [0, 0.05) is 6.08 Å². The van der Waals surface area contributed by atoms with E-state index in [9.17, 15) is 18.0 Å². The van der Waals surface area contributed by atoms with Crippen molar-refractivity contribution in [3.8, 4) is 0 Å². The first-order valence-electron chi connectivity index (χ1n) is 5.15. The van der Waals surface area contributed by atoms with Crippen LogP contribution in [0.15, 0.2) is 12.2 Å². The van der Waals surface area contributed by atoms with Crippen LogP contribution in [-0.4, -0.2) is 42.5 Å². The lowest BCUT2D eigenvalue weighted by Crippen LogP contribution is -2.67. The fourth-order valence-electron chi connectivity index (χ4n) is 1.37. The van der Waals surface area contributed by atoms with Crippen molar-refractivity contribution in [1.82, 2.24) is 4.31 Å². The molecule has 0 bridgehead atoms. The van der Waals surface area contributed by atoms with Crippen LogP contribution in [0.2, 0.25) is 0 Å². The molecule has 1 amide bonds. The molecular formula is C10H15NO5S. The van der Waals surface area contributed by atoms with Crippen molar-refractivity contribution in [2.75, 3.05) is 13.2 Å². The van der Waals surface area contributed by atoms with Crippen LogP contribution in [-0.2, 0) is 24.3 Å². The third-order valence-electron chi connectivity index (χ3n) is 2.49. The second-order valence-corrected chi connectivity index (χ2v) is 6.42. The molecule has 0 aromatic rings. The van der Waals surface area contributed by atoms with Gasteiger partial charge < -0.3 is 4.74 Å². The van der Waals surface area contributed by atoms with Crippen LogP contribution in [0.3, 0.4) is 0 Å². The van der Waals surface area contributed by atoms with Crippen molar-refractivity contribution in [3.63, 3.8) is 0 Å². The number of sulfonamides is 1. The van der Waals surface area contributed by atoms with E-state index in [0.29, 0.717) is 0 Å². The Balaban J connectivity index is 2.62. The third-order valence-corrected chi connectivity index (χ3v) is 4.85. The van der Waals surface area contributed by atoms with Gasteiger partial charge in [0.05, 0.1) is 13.2 Å². The molecule has 0 N–H and O–H groups in total. The van der Waals surface area contributed by atoms with Gasteiger partial charge >= 0.3 is 5.97 Å². The molecule has 0 saturated carbocycles. The lowest BCUT2D eigenvalue weighted by atomic mass is 10.2. The number of carbonyl (C=O) groups is 2. The number of ether oxygens (including phenoxy) is 1. The monoisotopic (exact) mass is 261 g/mol. The van der Waals surface area contributed by atoms with Gasteiger partial charge in [0.2, 0.25) is 0 Å². The lowest BCUT2D eigenvalue weighted by Gasteiger charge is -2.42. The van der Waals surface area contributed by atoms with Crippen molar-refractivity contribution >= 4 is 21.9 Å². The molecule has 1 aliphatic rings. The van der Waals surface area contributed by atoms with E-state index in [1.807, 2.05) is 0 Å². The Kier molecular flexibility index (Phi) is 3.61. The molecular weight excluding hydrogens is 246 g/mol. The summed E-state index contributed by atoms with van der Waals surface area (Å²) in [5.41, 5.74) is 0. The summed E-state index contributed by atoms with van der Waals surface area (Å²) in [5.74, 6) is -1.02. The van der Waals surface area contributed by atoms with Gasteiger partial charge in [-0.25, -0.2) is 17.5 Å². The summed E-state index contributed by atoms with van der Waals surface area (Å²) >= 11 is 0. The predicted octanol–water partition coefficient (Wildman–Crippen LogP) is 0.0563. The van der Waals surface area contributed by atoms with Gasteiger partial charge in [-0.05, 0) is 20.8 Å². The molecule has 0 radical (unpaired) electrons. The lowest BCUT2D eigenvalue weighted by molar-refractivity contribution is -0.137. The zero-order valence-corrected chi connectivity index (χ0v) is 10.8. The van der Waals surface area contributed by atoms with Crippen LogP contribution >= 0.6 is 0 Å². The van der Waals surface area contributed by atoms with Gasteiger partial charge in [0.15, 0.2) is 4.75 Å². The third kappa shape index (κ3) is 2.19. The van der Waals surface area contributed by atoms with Crippen LogP contribution in [0.5, 0.6) is 0 Å². The van der Waals surface area contributed by atoms with Gasteiger partial charge in [-0.2, -0.15) is 0 Å². The molecule has 1 saturated heterocycles. The molecule has 1 fully saturated rings. The number of nitrogens with zero attached hydrogens (tertiary/aromatic N) is 1. The molecule has 1 heterocycles. The standard InChI is InChI=1S/C10H15NO5S/c1-4-16-8(12)6-5-7-11-9(13)10(2,3)17(11,14)15/h5-6H,4,7H2,1-3H3/b6-5+. The topological polar surface area (TPSA) is 80.8 Å². The normalized spacial score (nSPS) is 21.4. The van der Waals surface area contributed by atoms with E-state index in [1.54, 1.807) is 6.92 Å². The Labute approximate surface area is 100 Å². The van der Waals surface area contributed by atoms with Crippen LogP contribution in [0, 0.1) is 0 Å². The molecule has 17 heavy (non-hydrogen) atoms. The van der Waals surface area contributed by atoms with Crippen LogP contribution < -0.4 is 0 Å². The highest BCUT2D eigenvalue weighted by Crippen LogP contribution is 2.34. The van der Waals surface area contributed by atoms with E-state index in [0.717, 1.165) is 10.4 Å². The van der Waals surface area contributed by atoms with Gasteiger partial charge in [-0.15, -0.1) is 0 Å². The summed E-state index contributed by atoms with van der Waals surface area (Å²) in [6, 6.07) is 0. The SMILES string of the molecule is CCOC(=O)/C=C/CN1C(=O)C(C)(C)S1(=O)=O. The maximum Gasteiger partial charge on any atom is 0.330 e. The van der Waals surface area contributed by atoms with Crippen LogP contribution in [0.1, 0.15) is 20.8 Å². The maximum absolute atomic E-state index is 11.6. The quantitative estimate of drug-likeness (QED) is 0.528. The Morgan fingerprint density at radius 3 is 2.53 bits per heavy atom. The first kappa shape index (κ1) is 13.7. The summed E-state index contributed by atoms with van der Waals surface area (Å²) in [6.07, 6.45) is 2.40. The smallest absolute Gasteiger partial charge is 0.330 e. The summed E-state index contributed by atoms with van der Waals surface area (Å²) in [4.78, 5) is 22.4. The van der Waals surface area contributed by atoms with Crippen molar-refractivity contribution in [2.24, 2.45) is 0 Å². The summed E-state index contributed by atoms with van der Waals surface area (Å²) in [7, 11) is -3.58. The minimum atomic E-state index is -3.58. The second-order valence-electron chi connectivity index (χ2n) is 4.01. The first-order chi connectivity index (χ1) is 7.75. The minimum Gasteiger partial charge on any atom is -0.463 e. The zero-order valence-electron chi connectivity index (χ0n) is 9.97. The van der Waals surface area contributed by atoms with Crippen molar-refractivity contribution in [2.45, 2.75) is 25.5 Å². The maximum atomic E-state index is 11.6. The second kappa shape index (κ2) is 4.48. The van der Waals surface area contributed by atoms with Crippen molar-refractivity contribution in [3.05, 3.63) is 12.2 Å². The van der Waals surface area contributed by atoms with Crippen LogP contribution in [0.25, 0.3) is 0 Å². The molecule has 96 valence electrons. The summed E-state index contributed by atoms with van der Waals surface area (Å²) in [6.45, 7) is 4.49. The Morgan fingerprint density at radius 2 is 2.06 bits per heavy atom. The van der Waals surface area contributed by atoms with E-state index < -0.39 is 26.6 Å². The average molecular weight is 261 g/mol. The number of rotatable bonds is 4. The number of hydrogen-bond donors (Lipinski definition) is 0. The minimum absolute atomic E-state index is 0.136. The molecule has 0 spiro atoms. The van der Waals surface area contributed by atoms with E-state index >= 15 is 0 Å². The average Bonchev–Trinajstić information content (AvgIpc) is 2.23. The van der Waals surface area contributed by atoms with Gasteiger partial charge in [0.1, 0.15) is 0 Å². The Morgan fingerprint density at radius 1 is 1.47 bits per heavy atom. The molecule has 0 atom stereocenters. The van der Waals surface area contributed by atoms with E-state index in [2.05, 4.69) is 4.74 Å². The fraction of sp³-hybridized carbons (Fsp3) is 0.600. The number of amides is 1. The predicted molar refractivity (Wildman–Crippen MR) is 60.5 cm³/mol. The van der Waals surface area contributed by atoms with E-state index in [-0.39, 0.29) is 13.2 Å². The van der Waals surface area contributed by atoms with Crippen molar-refractivity contribution < 1.29 is 22.7 Å². The molecule has 0 aliphatic carbocycles. The van der Waals surface area contributed by atoms with Gasteiger partial charge in [-0.3, -0.25) is 4.79 Å². The highest BCUT2D eigenvalue weighted by atomic mass is 32.2. The van der Waals surface area contributed by atoms with Crippen LogP contribution in [0.4, 0.5) is 0 Å². The summed E-state index contributed by atoms with van der Waals surface area (Å²) in [5, 5.41) is 0. The molecule has 0 aromatic heterocycles. The first-order valence-corrected chi connectivity index (χ1v) is 6.59. The zero-order chi connectivity index (χ0) is 13.3. The van der Waals surface area contributed by atoms with E-state index in [1.165, 1.54) is 19.9 Å². The Bertz CT molecular complexity index is 463. The highest BCUT2D eigenvalue weighted by Gasteiger charge is 2.59. The molecule has 0 aromatic carbocycles.